The van der Waals surface area contributed by atoms with Crippen LogP contribution in [0, 0.1) is 0 Å². The fourth-order valence-electron chi connectivity index (χ4n) is 1.17. The van der Waals surface area contributed by atoms with Gasteiger partial charge in [-0.3, -0.25) is 9.63 Å². The molecule has 1 rings (SSSR count). The molecule has 1 atom stereocenters. The predicted molar refractivity (Wildman–Crippen MR) is 60.3 cm³/mol. The average molecular weight is 223 g/mol. The molecule has 0 unspecified atom stereocenters. The molecule has 0 spiro atoms. The summed E-state index contributed by atoms with van der Waals surface area (Å²) in [7, 11) is 0. The zero-order valence-electron chi connectivity index (χ0n) is 9.35. The van der Waals surface area contributed by atoms with Crippen molar-refractivity contribution >= 4 is 5.91 Å². The number of aliphatic hydroxyl groups is 1. The van der Waals surface area contributed by atoms with Crippen LogP contribution in [-0.4, -0.2) is 17.1 Å². The Labute approximate surface area is 95.2 Å². The molecule has 0 saturated heterocycles. The maximum Gasteiger partial charge on any atom is 0.246 e. The van der Waals surface area contributed by atoms with Gasteiger partial charge in [0.1, 0.15) is 0 Å². The highest BCUT2D eigenvalue weighted by atomic mass is 16.6. The molecule has 0 heterocycles. The molecule has 2 N–H and O–H groups in total. The monoisotopic (exact) mass is 223 g/mol. The molecule has 1 amide bonds. The van der Waals surface area contributed by atoms with Crippen LogP contribution in [0.2, 0.25) is 0 Å². The van der Waals surface area contributed by atoms with Crippen molar-refractivity contribution < 1.29 is 14.7 Å². The van der Waals surface area contributed by atoms with E-state index in [-0.39, 0.29) is 12.3 Å². The summed E-state index contributed by atoms with van der Waals surface area (Å²) in [6, 6.07) is 9.54. The molecule has 88 valence electrons. The smallest absolute Gasteiger partial charge is 0.246 e. The third-order valence-electron chi connectivity index (χ3n) is 2.16. The van der Waals surface area contributed by atoms with Crippen molar-refractivity contribution in [1.29, 1.82) is 0 Å². The van der Waals surface area contributed by atoms with E-state index in [0.29, 0.717) is 13.0 Å². The largest absolute Gasteiger partial charge is 0.393 e. The second-order valence-corrected chi connectivity index (χ2v) is 3.57. The highest BCUT2D eigenvalue weighted by Crippen LogP contribution is 2.00. The number of carbonyl (C=O) groups excluding carboxylic acids is 1. The fraction of sp³-hybridized carbons (Fsp3) is 0.417. The van der Waals surface area contributed by atoms with E-state index >= 15 is 0 Å². The SMILES string of the molecule is CC[C@@H](O)CC(=O)NOCc1ccccc1. The lowest BCUT2D eigenvalue weighted by atomic mass is 10.2. The summed E-state index contributed by atoms with van der Waals surface area (Å²) in [4.78, 5) is 16.2. The van der Waals surface area contributed by atoms with Crippen LogP contribution in [0.25, 0.3) is 0 Å². The van der Waals surface area contributed by atoms with E-state index in [4.69, 9.17) is 4.84 Å². The van der Waals surface area contributed by atoms with Crippen LogP contribution in [-0.2, 0) is 16.2 Å². The normalized spacial score (nSPS) is 12.1. The van der Waals surface area contributed by atoms with Gasteiger partial charge in [0.25, 0.3) is 0 Å². The van der Waals surface area contributed by atoms with Gasteiger partial charge in [0, 0.05) is 0 Å². The molecule has 0 aliphatic carbocycles. The topological polar surface area (TPSA) is 58.6 Å². The first-order valence-corrected chi connectivity index (χ1v) is 5.35. The van der Waals surface area contributed by atoms with Gasteiger partial charge in [0.05, 0.1) is 19.1 Å². The lowest BCUT2D eigenvalue weighted by Gasteiger charge is -2.08. The molecule has 0 aliphatic heterocycles. The second-order valence-electron chi connectivity index (χ2n) is 3.57. The van der Waals surface area contributed by atoms with Crippen molar-refractivity contribution in [3.63, 3.8) is 0 Å². The predicted octanol–water partition coefficient (Wildman–Crippen LogP) is 1.40. The molecule has 1 aromatic rings. The zero-order chi connectivity index (χ0) is 11.8. The number of hydroxylamine groups is 1. The molecule has 0 saturated carbocycles. The third-order valence-corrected chi connectivity index (χ3v) is 2.16. The van der Waals surface area contributed by atoms with Crippen molar-refractivity contribution in [2.45, 2.75) is 32.5 Å². The zero-order valence-corrected chi connectivity index (χ0v) is 9.35. The Morgan fingerprint density at radius 1 is 1.44 bits per heavy atom. The number of hydrogen-bond donors (Lipinski definition) is 2. The maximum atomic E-state index is 11.2. The second kappa shape index (κ2) is 6.98. The van der Waals surface area contributed by atoms with Gasteiger partial charge in [-0.25, -0.2) is 5.48 Å². The molecule has 0 bridgehead atoms. The minimum Gasteiger partial charge on any atom is -0.393 e. The maximum absolute atomic E-state index is 11.2. The lowest BCUT2D eigenvalue weighted by Crippen LogP contribution is -2.27. The van der Waals surface area contributed by atoms with E-state index < -0.39 is 6.10 Å². The summed E-state index contributed by atoms with van der Waals surface area (Å²) in [5, 5.41) is 9.23. The number of benzene rings is 1. The van der Waals surface area contributed by atoms with E-state index in [9.17, 15) is 9.90 Å². The Bertz CT molecular complexity index is 313. The minimum absolute atomic E-state index is 0.0747. The van der Waals surface area contributed by atoms with Crippen LogP contribution in [0.15, 0.2) is 30.3 Å². The number of amides is 1. The van der Waals surface area contributed by atoms with Crippen LogP contribution in [0.1, 0.15) is 25.3 Å². The Morgan fingerprint density at radius 3 is 2.75 bits per heavy atom. The van der Waals surface area contributed by atoms with Crippen molar-refractivity contribution in [3.8, 4) is 0 Å². The molecule has 4 nitrogen and oxygen atoms in total. The molecular weight excluding hydrogens is 206 g/mol. The molecular formula is C12H17NO3. The summed E-state index contributed by atoms with van der Waals surface area (Å²) in [5.74, 6) is -0.301. The van der Waals surface area contributed by atoms with E-state index in [1.807, 2.05) is 37.3 Å². The molecule has 1 aromatic carbocycles. The number of hydrogen-bond acceptors (Lipinski definition) is 3. The minimum atomic E-state index is -0.597. The van der Waals surface area contributed by atoms with Crippen LogP contribution in [0.5, 0.6) is 0 Å². The van der Waals surface area contributed by atoms with Gasteiger partial charge < -0.3 is 5.11 Å². The van der Waals surface area contributed by atoms with Gasteiger partial charge >= 0.3 is 0 Å². The highest BCUT2D eigenvalue weighted by Gasteiger charge is 2.08. The number of aliphatic hydroxyl groups excluding tert-OH is 1. The van der Waals surface area contributed by atoms with Gasteiger partial charge in [-0.1, -0.05) is 37.3 Å². The highest BCUT2D eigenvalue weighted by molar-refractivity contribution is 5.75. The van der Waals surface area contributed by atoms with Gasteiger partial charge in [-0.2, -0.15) is 0 Å². The van der Waals surface area contributed by atoms with Crippen molar-refractivity contribution in [1.82, 2.24) is 5.48 Å². The van der Waals surface area contributed by atoms with Crippen molar-refractivity contribution in [2.24, 2.45) is 0 Å². The van der Waals surface area contributed by atoms with Crippen LogP contribution in [0.3, 0.4) is 0 Å². The summed E-state index contributed by atoms with van der Waals surface area (Å²) in [6.07, 6.45) is 0.0394. The Kier molecular flexibility index (Phi) is 5.53. The fourth-order valence-corrected chi connectivity index (χ4v) is 1.17. The molecule has 0 aliphatic rings. The molecule has 0 aromatic heterocycles. The molecule has 4 heteroatoms. The summed E-state index contributed by atoms with van der Waals surface area (Å²) >= 11 is 0. The van der Waals surface area contributed by atoms with E-state index in [0.717, 1.165) is 5.56 Å². The van der Waals surface area contributed by atoms with Gasteiger partial charge in [0.2, 0.25) is 5.91 Å². The van der Waals surface area contributed by atoms with Crippen LogP contribution < -0.4 is 5.48 Å². The van der Waals surface area contributed by atoms with Crippen molar-refractivity contribution in [2.75, 3.05) is 0 Å². The Balaban J connectivity index is 2.18. The third kappa shape index (κ3) is 4.91. The summed E-state index contributed by atoms with van der Waals surface area (Å²) in [5.41, 5.74) is 3.28. The Morgan fingerprint density at radius 2 is 2.12 bits per heavy atom. The number of carbonyl (C=O) groups is 1. The first-order valence-electron chi connectivity index (χ1n) is 5.35. The Hall–Kier alpha value is -1.39. The van der Waals surface area contributed by atoms with Crippen LogP contribution in [0.4, 0.5) is 0 Å². The van der Waals surface area contributed by atoms with Crippen LogP contribution >= 0.6 is 0 Å². The first-order chi connectivity index (χ1) is 7.72. The van der Waals surface area contributed by atoms with E-state index in [1.54, 1.807) is 0 Å². The standard InChI is InChI=1S/C12H17NO3/c1-2-11(14)8-12(15)13-16-9-10-6-4-3-5-7-10/h3-7,11,14H,2,8-9H2,1H3,(H,13,15)/t11-/m1/s1. The molecule has 0 radical (unpaired) electrons. The average Bonchev–Trinajstić information content (AvgIpc) is 2.30. The van der Waals surface area contributed by atoms with E-state index in [2.05, 4.69) is 5.48 Å². The van der Waals surface area contributed by atoms with E-state index in [1.165, 1.54) is 0 Å². The van der Waals surface area contributed by atoms with Gasteiger partial charge in [0.15, 0.2) is 0 Å². The number of nitrogens with one attached hydrogen (secondary N) is 1. The first kappa shape index (κ1) is 12.7. The summed E-state index contributed by atoms with van der Waals surface area (Å²) < 4.78 is 0. The lowest BCUT2D eigenvalue weighted by molar-refractivity contribution is -0.136. The molecule has 0 fully saturated rings. The summed E-state index contributed by atoms with van der Waals surface area (Å²) in [6.45, 7) is 2.15. The number of rotatable bonds is 6. The van der Waals surface area contributed by atoms with Gasteiger partial charge in [-0.05, 0) is 12.0 Å². The van der Waals surface area contributed by atoms with Gasteiger partial charge in [-0.15, -0.1) is 0 Å². The quantitative estimate of drug-likeness (QED) is 0.717. The van der Waals surface area contributed by atoms with Crippen molar-refractivity contribution in [3.05, 3.63) is 35.9 Å². The molecule has 16 heavy (non-hydrogen) atoms.